The predicted octanol–water partition coefficient (Wildman–Crippen LogP) is 8.73. The Morgan fingerprint density at radius 2 is 1.86 bits per heavy atom. The summed E-state index contributed by atoms with van der Waals surface area (Å²) in [5.74, 6) is 5.08. The molecule has 0 radical (unpaired) electrons. The molecule has 11 atom stereocenters. The van der Waals surface area contributed by atoms with Crippen LogP contribution in [0.2, 0.25) is 0 Å². The molecule has 5 nitrogen and oxygen atoms in total. The van der Waals surface area contributed by atoms with Gasteiger partial charge in [0, 0.05) is 11.5 Å². The summed E-state index contributed by atoms with van der Waals surface area (Å²) < 4.78 is 13.2. The minimum absolute atomic E-state index is 0.129. The summed E-state index contributed by atoms with van der Waals surface area (Å²) in [4.78, 5) is 0. The summed E-state index contributed by atoms with van der Waals surface area (Å²) in [6.45, 7) is 9.86. The lowest BCUT2D eigenvalue weighted by Crippen LogP contribution is -2.51. The fourth-order valence-electron chi connectivity index (χ4n) is 11.2. The van der Waals surface area contributed by atoms with Gasteiger partial charge in [0.15, 0.2) is 0 Å². The zero-order valence-electron chi connectivity index (χ0n) is 26.3. The molecule has 0 unspecified atom stereocenters. The number of hydrogen-bond donors (Lipinski definition) is 1. The van der Waals surface area contributed by atoms with Gasteiger partial charge in [0.25, 0.3) is 0 Å². The molecule has 0 bridgehead atoms. The quantitative estimate of drug-likeness (QED) is 0.306. The average Bonchev–Trinajstić information content (AvgIpc) is 3.70. The van der Waals surface area contributed by atoms with E-state index in [9.17, 15) is 5.11 Å². The van der Waals surface area contributed by atoms with Gasteiger partial charge in [-0.1, -0.05) is 75.7 Å². The fraction of sp³-hybridized carbons (Fsp3) is 0.632. The Morgan fingerprint density at radius 1 is 1.02 bits per heavy atom. The molecule has 5 heteroatoms. The zero-order chi connectivity index (χ0) is 29.5. The van der Waals surface area contributed by atoms with Crippen LogP contribution in [0, 0.1) is 40.4 Å². The lowest BCUT2D eigenvalue weighted by molar-refractivity contribution is -0.0589. The molecule has 228 valence electrons. The molecule has 1 aliphatic heterocycles. The second-order valence-electron chi connectivity index (χ2n) is 15.5. The molecular weight excluding hydrogens is 532 g/mol. The molecule has 5 aliphatic rings. The van der Waals surface area contributed by atoms with Crippen molar-refractivity contribution in [3.63, 3.8) is 0 Å². The van der Waals surface area contributed by atoms with Crippen molar-refractivity contribution < 1.29 is 14.3 Å². The van der Waals surface area contributed by atoms with Gasteiger partial charge >= 0.3 is 0 Å². The van der Waals surface area contributed by atoms with Gasteiger partial charge in [0.1, 0.15) is 0 Å². The van der Waals surface area contributed by atoms with Crippen LogP contribution in [0.15, 0.2) is 58.5 Å². The van der Waals surface area contributed by atoms with Crippen LogP contribution < -0.4 is 0 Å². The van der Waals surface area contributed by atoms with Crippen molar-refractivity contribution >= 4 is 10.8 Å². The van der Waals surface area contributed by atoms with Crippen LogP contribution in [0.1, 0.15) is 97.3 Å². The number of aromatic nitrogens is 2. The number of fused-ring (bicyclic) bond motifs is 8. The second kappa shape index (κ2) is 10.3. The van der Waals surface area contributed by atoms with Crippen LogP contribution in [-0.4, -0.2) is 33.6 Å². The van der Waals surface area contributed by atoms with E-state index in [0.717, 1.165) is 66.7 Å². The van der Waals surface area contributed by atoms with E-state index in [1.165, 1.54) is 31.1 Å². The summed E-state index contributed by atoms with van der Waals surface area (Å²) in [5, 5.41) is 21.6. The largest absolute Gasteiger partial charge is 0.420 e. The van der Waals surface area contributed by atoms with Crippen LogP contribution in [0.25, 0.3) is 22.2 Å². The number of aliphatic hydroxyl groups is 1. The van der Waals surface area contributed by atoms with Gasteiger partial charge in [0.05, 0.1) is 18.3 Å². The molecule has 1 saturated heterocycles. The molecule has 3 saturated carbocycles. The van der Waals surface area contributed by atoms with Crippen LogP contribution in [0.5, 0.6) is 0 Å². The van der Waals surface area contributed by atoms with Crippen molar-refractivity contribution in [1.82, 2.24) is 10.2 Å². The first-order valence-corrected chi connectivity index (χ1v) is 17.1. The fourth-order valence-corrected chi connectivity index (χ4v) is 11.2. The zero-order valence-corrected chi connectivity index (χ0v) is 26.3. The number of allylic oxidation sites excluding steroid dienone is 1. The van der Waals surface area contributed by atoms with Crippen molar-refractivity contribution in [3.8, 4) is 11.5 Å². The molecular formula is C38H48N2O3. The Balaban J connectivity index is 0.938. The van der Waals surface area contributed by atoms with Crippen molar-refractivity contribution in [2.75, 3.05) is 0 Å². The average molecular weight is 581 g/mol. The third-order valence-corrected chi connectivity index (χ3v) is 13.4. The number of nitrogens with zero attached hydrogens (tertiary/aromatic N) is 2. The maximum Gasteiger partial charge on any atom is 0.248 e. The normalized spacial score (nSPS) is 40.8. The van der Waals surface area contributed by atoms with E-state index in [1.807, 2.05) is 0 Å². The van der Waals surface area contributed by atoms with Crippen molar-refractivity contribution in [2.24, 2.45) is 40.4 Å². The highest BCUT2D eigenvalue weighted by atomic mass is 16.5. The van der Waals surface area contributed by atoms with E-state index < -0.39 is 0 Å². The molecule has 0 spiro atoms. The maximum atomic E-state index is 10.4. The van der Waals surface area contributed by atoms with Gasteiger partial charge in [-0.05, 0) is 115 Å². The predicted molar refractivity (Wildman–Crippen MR) is 169 cm³/mol. The summed E-state index contributed by atoms with van der Waals surface area (Å²) in [6.07, 6.45) is 13.3. The molecule has 3 aromatic rings. The Morgan fingerprint density at radius 3 is 2.74 bits per heavy atom. The first-order valence-electron chi connectivity index (χ1n) is 17.1. The first-order chi connectivity index (χ1) is 20.8. The highest BCUT2D eigenvalue weighted by Gasteiger charge is 2.64. The maximum absolute atomic E-state index is 10.4. The molecule has 0 amide bonds. The molecule has 1 N–H and O–H groups in total. The Kier molecular flexibility index (Phi) is 6.69. The number of hydrogen-bond acceptors (Lipinski definition) is 5. The van der Waals surface area contributed by atoms with E-state index in [2.05, 4.69) is 86.4 Å². The number of benzene rings is 2. The summed E-state index contributed by atoms with van der Waals surface area (Å²) >= 11 is 0. The summed E-state index contributed by atoms with van der Waals surface area (Å²) in [7, 11) is 0. The lowest BCUT2D eigenvalue weighted by atomic mass is 9.47. The van der Waals surface area contributed by atoms with E-state index in [1.54, 1.807) is 5.57 Å². The van der Waals surface area contributed by atoms with Gasteiger partial charge in [0.2, 0.25) is 11.8 Å². The van der Waals surface area contributed by atoms with E-state index in [4.69, 9.17) is 9.15 Å². The van der Waals surface area contributed by atoms with Crippen LogP contribution in [0.3, 0.4) is 0 Å². The molecule has 4 aliphatic carbocycles. The third kappa shape index (κ3) is 4.31. The summed E-state index contributed by atoms with van der Waals surface area (Å²) in [6, 6.07) is 14.6. The van der Waals surface area contributed by atoms with Gasteiger partial charge in [-0.2, -0.15) is 0 Å². The Labute approximate surface area is 256 Å². The molecule has 4 fully saturated rings. The van der Waals surface area contributed by atoms with E-state index in [0.29, 0.717) is 40.8 Å². The Hall–Kier alpha value is -2.50. The van der Waals surface area contributed by atoms with Crippen molar-refractivity contribution in [1.29, 1.82) is 0 Å². The lowest BCUT2D eigenvalue weighted by Gasteiger charge is -2.58. The van der Waals surface area contributed by atoms with E-state index >= 15 is 0 Å². The number of ether oxygens (including phenoxy) is 1. The molecule has 43 heavy (non-hydrogen) atoms. The SMILES string of the molecule is C[C@H]1[C@H]2[C@H](C[C@H]3[C@@H]4CC=C5C[C@@H](O)CC[C@]5(C)[C@H]4CC[C@]23C)O[C@@H]1CC[C@H](C)c1nnc(-c2cccc3ccccc23)o1. The third-order valence-electron chi connectivity index (χ3n) is 13.4. The molecule has 1 aromatic heterocycles. The number of aliphatic hydroxyl groups excluding tert-OH is 1. The van der Waals surface area contributed by atoms with E-state index in [-0.39, 0.29) is 12.0 Å². The van der Waals surface area contributed by atoms with Gasteiger partial charge in [-0.15, -0.1) is 10.2 Å². The van der Waals surface area contributed by atoms with Crippen molar-refractivity contribution in [2.45, 2.75) is 110 Å². The topological polar surface area (TPSA) is 68.4 Å². The highest BCUT2D eigenvalue weighted by molar-refractivity contribution is 5.94. The standard InChI is InChI=1S/C38H48N2O3/c1-22(35-39-40-36(43-35)28-11-7-9-24-8-5-6-10-27(24)28)12-15-32-23(2)34-33(42-32)21-31-29-14-13-25-20-26(41)16-18-37(25,3)30(29)17-19-38(31,34)4/h5-11,13,22-23,26,29-34,41H,12,14-21H2,1-4H3/t22-,23+,26-,29+,30-,31-,32+,33-,34-,37-,38-/m0/s1. The monoisotopic (exact) mass is 580 g/mol. The Bertz CT molecular complexity index is 1540. The minimum atomic E-state index is -0.129. The van der Waals surface area contributed by atoms with Crippen LogP contribution in [0.4, 0.5) is 0 Å². The van der Waals surface area contributed by atoms with Gasteiger partial charge in [-0.3, -0.25) is 0 Å². The van der Waals surface area contributed by atoms with Crippen LogP contribution >= 0.6 is 0 Å². The van der Waals surface area contributed by atoms with Gasteiger partial charge in [-0.25, -0.2) is 0 Å². The van der Waals surface area contributed by atoms with Crippen LogP contribution in [-0.2, 0) is 4.74 Å². The number of rotatable bonds is 5. The minimum Gasteiger partial charge on any atom is -0.420 e. The summed E-state index contributed by atoms with van der Waals surface area (Å²) in [5.41, 5.74) is 3.25. The first kappa shape index (κ1) is 28.0. The van der Waals surface area contributed by atoms with Crippen molar-refractivity contribution in [3.05, 3.63) is 60.0 Å². The highest BCUT2D eigenvalue weighted by Crippen LogP contribution is 2.69. The molecule has 2 heterocycles. The van der Waals surface area contributed by atoms with Gasteiger partial charge < -0.3 is 14.3 Å². The molecule has 2 aromatic carbocycles. The second-order valence-corrected chi connectivity index (χ2v) is 15.5. The molecule has 8 rings (SSSR count). The smallest absolute Gasteiger partial charge is 0.248 e.